The summed E-state index contributed by atoms with van der Waals surface area (Å²) in [6.45, 7) is 0.190. The normalized spacial score (nSPS) is 11.5. The molecule has 0 atom stereocenters. The number of halogens is 1. The fourth-order valence-electron chi connectivity index (χ4n) is 3.14. The predicted octanol–water partition coefficient (Wildman–Crippen LogP) is 3.81. The van der Waals surface area contributed by atoms with E-state index in [0.29, 0.717) is 11.1 Å². The summed E-state index contributed by atoms with van der Waals surface area (Å²) in [5.41, 5.74) is 1.55. The third-order valence-electron chi connectivity index (χ3n) is 4.60. The standard InChI is InChI=1S/C23H17FN4O3/c24-18-8-4-5-15(9-18)12-28-13-17(20(29)11-21(30)23-25-14-26-27-23)10-19(28)22(31)16-6-2-1-3-7-16/h1-11,13-14,30H,12H2,(H,25,26,27). The number of aliphatic hydroxyl groups is 1. The average molecular weight is 416 g/mol. The zero-order valence-corrected chi connectivity index (χ0v) is 16.2. The van der Waals surface area contributed by atoms with E-state index < -0.39 is 17.4 Å². The Morgan fingerprint density at radius 2 is 1.87 bits per heavy atom. The molecular formula is C23H17FN4O3. The van der Waals surface area contributed by atoms with Crippen molar-refractivity contribution in [2.75, 3.05) is 0 Å². The lowest BCUT2D eigenvalue weighted by atomic mass is 10.1. The molecule has 0 spiro atoms. The Labute approximate surface area is 176 Å². The lowest BCUT2D eigenvalue weighted by molar-refractivity contribution is 0.102. The van der Waals surface area contributed by atoms with Gasteiger partial charge in [0, 0.05) is 29.9 Å². The highest BCUT2D eigenvalue weighted by Crippen LogP contribution is 2.18. The molecule has 2 heterocycles. The average Bonchev–Trinajstić information content (AvgIpc) is 3.44. The summed E-state index contributed by atoms with van der Waals surface area (Å²) in [4.78, 5) is 29.6. The fraction of sp³-hybridized carbons (Fsp3) is 0.0435. The monoisotopic (exact) mass is 416 g/mol. The van der Waals surface area contributed by atoms with Crippen LogP contribution in [0.25, 0.3) is 5.76 Å². The minimum absolute atomic E-state index is 0.0203. The molecule has 154 valence electrons. The third-order valence-corrected chi connectivity index (χ3v) is 4.60. The van der Waals surface area contributed by atoms with Gasteiger partial charge in [-0.25, -0.2) is 9.37 Å². The number of rotatable bonds is 7. The van der Waals surface area contributed by atoms with Crippen molar-refractivity contribution in [2.24, 2.45) is 0 Å². The van der Waals surface area contributed by atoms with Crippen molar-refractivity contribution in [3.63, 3.8) is 0 Å². The fourth-order valence-corrected chi connectivity index (χ4v) is 3.14. The van der Waals surface area contributed by atoms with Gasteiger partial charge in [0.1, 0.15) is 12.1 Å². The molecule has 31 heavy (non-hydrogen) atoms. The van der Waals surface area contributed by atoms with Crippen LogP contribution in [0.3, 0.4) is 0 Å². The number of aromatic nitrogens is 4. The van der Waals surface area contributed by atoms with Gasteiger partial charge in [-0.15, -0.1) is 0 Å². The van der Waals surface area contributed by atoms with Crippen LogP contribution in [0.15, 0.2) is 79.3 Å². The Kier molecular flexibility index (Phi) is 5.53. The molecule has 0 aliphatic heterocycles. The molecule has 0 aliphatic carbocycles. The Bertz CT molecular complexity index is 1260. The van der Waals surface area contributed by atoms with Crippen molar-refractivity contribution in [2.45, 2.75) is 6.54 Å². The number of nitrogens with one attached hydrogen (secondary N) is 1. The topological polar surface area (TPSA) is 101 Å². The van der Waals surface area contributed by atoms with Gasteiger partial charge >= 0.3 is 0 Å². The van der Waals surface area contributed by atoms with Crippen LogP contribution < -0.4 is 0 Å². The lowest BCUT2D eigenvalue weighted by Crippen LogP contribution is -2.10. The number of benzene rings is 2. The molecule has 0 bridgehead atoms. The first-order valence-electron chi connectivity index (χ1n) is 9.37. The van der Waals surface area contributed by atoms with Gasteiger partial charge in [0.2, 0.25) is 11.6 Å². The molecule has 0 amide bonds. The van der Waals surface area contributed by atoms with Gasteiger partial charge in [-0.1, -0.05) is 42.5 Å². The summed E-state index contributed by atoms with van der Waals surface area (Å²) in [7, 11) is 0. The highest BCUT2D eigenvalue weighted by molar-refractivity contribution is 6.12. The highest BCUT2D eigenvalue weighted by atomic mass is 19.1. The molecule has 0 radical (unpaired) electrons. The number of carbonyl (C=O) groups excluding carboxylic acids is 2. The number of allylic oxidation sites excluding steroid dienone is 1. The Balaban J connectivity index is 1.72. The zero-order valence-electron chi connectivity index (χ0n) is 16.2. The van der Waals surface area contributed by atoms with Crippen molar-refractivity contribution >= 4 is 17.3 Å². The largest absolute Gasteiger partial charge is 0.504 e. The summed E-state index contributed by atoms with van der Waals surface area (Å²) in [5.74, 6) is -1.62. The van der Waals surface area contributed by atoms with Gasteiger partial charge in [0.25, 0.3) is 0 Å². The summed E-state index contributed by atoms with van der Waals surface area (Å²) < 4.78 is 15.2. The number of aliphatic hydroxyl groups excluding tert-OH is 1. The second-order valence-electron chi connectivity index (χ2n) is 6.78. The van der Waals surface area contributed by atoms with Crippen molar-refractivity contribution in [3.8, 4) is 0 Å². The summed E-state index contributed by atoms with van der Waals surface area (Å²) in [5, 5.41) is 16.2. The Hall–Kier alpha value is -4.33. The summed E-state index contributed by atoms with van der Waals surface area (Å²) >= 11 is 0. The van der Waals surface area contributed by atoms with Crippen molar-refractivity contribution in [1.29, 1.82) is 0 Å². The minimum Gasteiger partial charge on any atom is -0.504 e. The van der Waals surface area contributed by atoms with Crippen LogP contribution in [0.2, 0.25) is 0 Å². The van der Waals surface area contributed by atoms with Crippen molar-refractivity contribution in [3.05, 3.63) is 113 Å². The highest BCUT2D eigenvalue weighted by Gasteiger charge is 2.19. The second kappa shape index (κ2) is 8.58. The Morgan fingerprint density at radius 1 is 1.06 bits per heavy atom. The second-order valence-corrected chi connectivity index (χ2v) is 6.78. The van der Waals surface area contributed by atoms with Gasteiger partial charge in [-0.3, -0.25) is 14.7 Å². The lowest BCUT2D eigenvalue weighted by Gasteiger charge is -2.09. The van der Waals surface area contributed by atoms with Crippen LogP contribution in [0.4, 0.5) is 4.39 Å². The van der Waals surface area contributed by atoms with Gasteiger partial charge in [0.15, 0.2) is 11.5 Å². The molecule has 2 N–H and O–H groups in total. The van der Waals surface area contributed by atoms with Crippen LogP contribution in [-0.4, -0.2) is 36.4 Å². The predicted molar refractivity (Wildman–Crippen MR) is 111 cm³/mol. The molecular weight excluding hydrogens is 399 g/mol. The van der Waals surface area contributed by atoms with Gasteiger partial charge in [-0.05, 0) is 23.8 Å². The first-order chi connectivity index (χ1) is 15.0. The first kappa shape index (κ1) is 20.0. The van der Waals surface area contributed by atoms with E-state index in [4.69, 9.17) is 0 Å². The third kappa shape index (κ3) is 4.48. The molecule has 0 saturated carbocycles. The maximum absolute atomic E-state index is 13.6. The maximum Gasteiger partial charge on any atom is 0.215 e. The molecule has 0 unspecified atom stereocenters. The minimum atomic E-state index is -0.526. The van der Waals surface area contributed by atoms with Crippen molar-refractivity contribution < 1.29 is 19.1 Å². The van der Waals surface area contributed by atoms with Crippen LogP contribution in [-0.2, 0) is 6.54 Å². The molecule has 8 heteroatoms. The van der Waals surface area contributed by atoms with E-state index in [9.17, 15) is 19.1 Å². The van der Waals surface area contributed by atoms with Gasteiger partial charge in [0.05, 0.1) is 5.69 Å². The van der Waals surface area contributed by atoms with E-state index >= 15 is 0 Å². The van der Waals surface area contributed by atoms with E-state index in [-0.39, 0.29) is 29.4 Å². The van der Waals surface area contributed by atoms with Crippen LogP contribution in [0, 0.1) is 5.82 Å². The molecule has 2 aromatic carbocycles. The number of hydrogen-bond acceptors (Lipinski definition) is 5. The van der Waals surface area contributed by atoms with Crippen LogP contribution >= 0.6 is 0 Å². The maximum atomic E-state index is 13.6. The smallest absolute Gasteiger partial charge is 0.215 e. The van der Waals surface area contributed by atoms with E-state index in [2.05, 4.69) is 15.2 Å². The van der Waals surface area contributed by atoms with E-state index in [0.717, 1.165) is 6.08 Å². The van der Waals surface area contributed by atoms with Crippen LogP contribution in [0.5, 0.6) is 0 Å². The zero-order chi connectivity index (χ0) is 21.8. The molecule has 2 aromatic heterocycles. The van der Waals surface area contributed by atoms with E-state index in [1.807, 2.05) is 0 Å². The molecule has 4 aromatic rings. The van der Waals surface area contributed by atoms with Gasteiger partial charge in [-0.2, -0.15) is 5.10 Å². The molecule has 4 rings (SSSR count). The number of aromatic amines is 1. The molecule has 0 aliphatic rings. The SMILES string of the molecule is O=C(C=C(O)c1nc[nH]n1)c1cc(C(=O)c2ccccc2)n(Cc2cccc(F)c2)c1. The number of ketones is 2. The van der Waals surface area contributed by atoms with E-state index in [1.54, 1.807) is 47.0 Å². The number of hydrogen-bond donors (Lipinski definition) is 2. The molecule has 7 nitrogen and oxygen atoms in total. The summed E-state index contributed by atoms with van der Waals surface area (Å²) in [6.07, 6.45) is 3.77. The number of H-pyrrole nitrogens is 1. The van der Waals surface area contributed by atoms with E-state index in [1.165, 1.54) is 30.7 Å². The molecule has 0 fully saturated rings. The van der Waals surface area contributed by atoms with Crippen LogP contribution in [0.1, 0.15) is 37.8 Å². The quantitative estimate of drug-likeness (QED) is 0.271. The summed E-state index contributed by atoms with van der Waals surface area (Å²) in [6, 6.07) is 16.1. The Morgan fingerprint density at radius 3 is 2.58 bits per heavy atom. The van der Waals surface area contributed by atoms with Gasteiger partial charge < -0.3 is 9.67 Å². The number of nitrogens with zero attached hydrogens (tertiary/aromatic N) is 3. The van der Waals surface area contributed by atoms with Crippen molar-refractivity contribution in [1.82, 2.24) is 19.7 Å². The molecule has 0 saturated heterocycles. The number of carbonyl (C=O) groups is 2. The first-order valence-corrected chi connectivity index (χ1v) is 9.37.